The Morgan fingerprint density at radius 3 is 1.62 bits per heavy atom. The summed E-state index contributed by atoms with van der Waals surface area (Å²) in [4.78, 5) is 52.2. The minimum atomic E-state index is -4.74. The van der Waals surface area contributed by atoms with Crippen LogP contribution in [0.2, 0.25) is 0 Å². The summed E-state index contributed by atoms with van der Waals surface area (Å²) in [5.74, 6) is -3.31. The third-order valence-electron chi connectivity index (χ3n) is 9.54. The Balaban J connectivity index is 0.000000184. The van der Waals surface area contributed by atoms with Gasteiger partial charge >= 0.3 is 24.1 Å². The summed E-state index contributed by atoms with van der Waals surface area (Å²) in [7, 11) is 0. The van der Waals surface area contributed by atoms with E-state index < -0.39 is 24.1 Å². The fraction of sp³-hybridized carbons (Fsp3) is 0.282. The highest BCUT2D eigenvalue weighted by molar-refractivity contribution is 5.96. The standard InChI is InChI=1S/C20H18F3N5O2.C19H14F3N7O2/c21-20(22,23)19-25-17(26-30-19)15-2-1-3-16(12-15)18(29)28-10-8-27(9-11-28)13-14-4-6-24-7-5-14;20-19(21,22)18-26-15(27-31-18)12-2-1-3-13(10-12)17(30)29-8-6-28(7-9-29)16-14(11-23)24-4-5-25-16/h1-7,12H,8-11,13H2;1-5,10H,6-9H2. The van der Waals surface area contributed by atoms with Gasteiger partial charge in [-0.05, 0) is 42.0 Å². The summed E-state index contributed by atoms with van der Waals surface area (Å²) in [6.45, 7) is 5.05. The minimum Gasteiger partial charge on any atom is -0.351 e. The van der Waals surface area contributed by atoms with Crippen LogP contribution in [-0.2, 0) is 18.9 Å². The number of nitrogens with zero attached hydrogens (tertiary/aromatic N) is 12. The van der Waals surface area contributed by atoms with E-state index in [2.05, 4.69) is 49.2 Å². The average molecular weight is 847 g/mol. The molecule has 6 aromatic rings. The molecule has 16 nitrogen and oxygen atoms in total. The Bertz CT molecular complexity index is 2510. The molecule has 0 N–H and O–H groups in total. The highest BCUT2D eigenvalue weighted by Gasteiger charge is 2.39. The van der Waals surface area contributed by atoms with Crippen molar-refractivity contribution in [1.82, 2.24) is 49.9 Å². The monoisotopic (exact) mass is 846 g/mol. The van der Waals surface area contributed by atoms with Gasteiger partial charge in [0.15, 0.2) is 11.5 Å². The number of rotatable bonds is 7. The SMILES string of the molecule is N#Cc1nccnc1N1CCN(C(=O)c2cccc(-c3noc(C(F)(F)F)n3)c2)CC1.O=C(c1cccc(-c2noc(C(F)(F)F)n2)c1)N1CCN(Cc2ccncc2)CC1. The Morgan fingerprint density at radius 2 is 1.15 bits per heavy atom. The van der Waals surface area contributed by atoms with Gasteiger partial charge in [0.05, 0.1) is 0 Å². The van der Waals surface area contributed by atoms with Crippen LogP contribution in [0.15, 0.2) is 94.5 Å². The van der Waals surface area contributed by atoms with Crippen LogP contribution in [0, 0.1) is 11.3 Å². The molecule has 6 heterocycles. The fourth-order valence-electron chi connectivity index (χ4n) is 6.48. The maximum atomic E-state index is 12.9. The first kappa shape index (κ1) is 41.9. The van der Waals surface area contributed by atoms with Crippen LogP contribution in [0.5, 0.6) is 0 Å². The highest BCUT2D eigenvalue weighted by Crippen LogP contribution is 2.31. The van der Waals surface area contributed by atoms with Crippen molar-refractivity contribution >= 4 is 17.6 Å². The van der Waals surface area contributed by atoms with Gasteiger partial charge in [0.2, 0.25) is 11.6 Å². The fourth-order valence-corrected chi connectivity index (χ4v) is 6.48. The molecule has 2 aromatic carbocycles. The molecule has 0 radical (unpaired) electrons. The number of aromatic nitrogens is 7. The lowest BCUT2D eigenvalue weighted by Gasteiger charge is -2.35. The summed E-state index contributed by atoms with van der Waals surface area (Å²) < 4.78 is 84.6. The second kappa shape index (κ2) is 17.9. The van der Waals surface area contributed by atoms with E-state index >= 15 is 0 Å². The van der Waals surface area contributed by atoms with Gasteiger partial charge in [0.25, 0.3) is 11.8 Å². The van der Waals surface area contributed by atoms with Gasteiger partial charge in [-0.2, -0.15) is 41.6 Å². The van der Waals surface area contributed by atoms with E-state index in [1.54, 1.807) is 46.5 Å². The number of anilines is 1. The lowest BCUT2D eigenvalue weighted by atomic mass is 10.1. The second-order valence-electron chi connectivity index (χ2n) is 13.5. The van der Waals surface area contributed by atoms with Crippen LogP contribution in [0.25, 0.3) is 22.8 Å². The van der Waals surface area contributed by atoms with Gasteiger partial charge in [0, 0.05) is 106 Å². The highest BCUT2D eigenvalue weighted by atomic mass is 19.4. The number of nitriles is 1. The van der Waals surface area contributed by atoms with E-state index in [9.17, 15) is 41.2 Å². The molecule has 8 rings (SSSR count). The lowest BCUT2D eigenvalue weighted by molar-refractivity contribution is -0.160. The zero-order valence-corrected chi connectivity index (χ0v) is 31.7. The molecule has 0 bridgehead atoms. The number of hydrogen-bond donors (Lipinski definition) is 0. The van der Waals surface area contributed by atoms with Gasteiger partial charge in [-0.15, -0.1) is 0 Å². The zero-order chi connectivity index (χ0) is 43.1. The molecule has 0 atom stereocenters. The number of piperazine rings is 2. The third-order valence-corrected chi connectivity index (χ3v) is 9.54. The molecular formula is C39H32F6N12O4. The van der Waals surface area contributed by atoms with Crippen molar-refractivity contribution in [3.8, 4) is 28.8 Å². The van der Waals surface area contributed by atoms with Crippen molar-refractivity contribution in [2.24, 2.45) is 0 Å². The molecule has 2 amide bonds. The molecule has 22 heteroatoms. The predicted octanol–water partition coefficient (Wildman–Crippen LogP) is 5.49. The average Bonchev–Trinajstić information content (AvgIpc) is 4.00. The van der Waals surface area contributed by atoms with Crippen molar-refractivity contribution in [3.63, 3.8) is 0 Å². The maximum absolute atomic E-state index is 12.9. The van der Waals surface area contributed by atoms with E-state index in [1.165, 1.54) is 36.7 Å². The smallest absolute Gasteiger partial charge is 0.351 e. The molecule has 2 fully saturated rings. The number of hydrogen-bond acceptors (Lipinski definition) is 14. The van der Waals surface area contributed by atoms with Gasteiger partial charge in [-0.1, -0.05) is 34.6 Å². The van der Waals surface area contributed by atoms with Crippen molar-refractivity contribution in [1.29, 1.82) is 5.26 Å². The van der Waals surface area contributed by atoms with E-state index in [0.29, 0.717) is 56.2 Å². The maximum Gasteiger partial charge on any atom is 0.471 e. The van der Waals surface area contributed by atoms with Gasteiger partial charge < -0.3 is 23.7 Å². The molecule has 2 aliphatic rings. The number of carbonyl (C=O) groups excluding carboxylic acids is 2. The molecule has 0 unspecified atom stereocenters. The Morgan fingerprint density at radius 1 is 0.656 bits per heavy atom. The van der Waals surface area contributed by atoms with Crippen LogP contribution >= 0.6 is 0 Å². The van der Waals surface area contributed by atoms with Crippen LogP contribution in [0.4, 0.5) is 32.2 Å². The van der Waals surface area contributed by atoms with Crippen molar-refractivity contribution in [3.05, 3.63) is 120 Å². The van der Waals surface area contributed by atoms with Gasteiger partial charge in [0.1, 0.15) is 6.07 Å². The number of carbonyl (C=O) groups is 2. The third kappa shape index (κ3) is 10.1. The first-order valence-corrected chi connectivity index (χ1v) is 18.5. The van der Waals surface area contributed by atoms with Crippen LogP contribution in [-0.4, -0.2) is 114 Å². The van der Waals surface area contributed by atoms with E-state index in [0.717, 1.165) is 25.2 Å². The van der Waals surface area contributed by atoms with Crippen molar-refractivity contribution in [2.45, 2.75) is 18.9 Å². The number of alkyl halides is 6. The van der Waals surface area contributed by atoms with Crippen LogP contribution in [0.3, 0.4) is 0 Å². The number of amides is 2. The number of benzene rings is 2. The summed E-state index contributed by atoms with van der Waals surface area (Å²) in [6, 6.07) is 18.2. The Hall–Kier alpha value is -7.28. The molecule has 4 aromatic heterocycles. The predicted molar refractivity (Wildman–Crippen MR) is 200 cm³/mol. The van der Waals surface area contributed by atoms with Crippen molar-refractivity contribution in [2.75, 3.05) is 57.3 Å². The van der Waals surface area contributed by atoms with E-state index in [4.69, 9.17) is 0 Å². The summed E-state index contributed by atoms with van der Waals surface area (Å²) in [5, 5.41) is 15.9. The normalized spacial score (nSPS) is 14.9. The van der Waals surface area contributed by atoms with E-state index in [-0.39, 0.29) is 40.3 Å². The van der Waals surface area contributed by atoms with Gasteiger partial charge in [-0.3, -0.25) is 19.5 Å². The largest absolute Gasteiger partial charge is 0.471 e. The topological polar surface area (TPSA) is 187 Å². The molecule has 314 valence electrons. The lowest BCUT2D eigenvalue weighted by Crippen LogP contribution is -2.49. The first-order chi connectivity index (χ1) is 29.3. The van der Waals surface area contributed by atoms with Gasteiger partial charge in [-0.25, -0.2) is 9.97 Å². The summed E-state index contributed by atoms with van der Waals surface area (Å²) in [6.07, 6.45) is -3.01. The second-order valence-corrected chi connectivity index (χ2v) is 13.5. The molecular weight excluding hydrogens is 814 g/mol. The number of halogens is 6. The first-order valence-electron chi connectivity index (χ1n) is 18.5. The Labute approximate surface area is 342 Å². The van der Waals surface area contributed by atoms with E-state index in [1.807, 2.05) is 23.1 Å². The molecule has 0 spiro atoms. The molecule has 61 heavy (non-hydrogen) atoms. The molecule has 2 aliphatic heterocycles. The van der Waals surface area contributed by atoms with Crippen molar-refractivity contribution < 1.29 is 45.0 Å². The molecule has 2 saturated heterocycles. The quantitative estimate of drug-likeness (QED) is 0.184. The molecule has 0 saturated carbocycles. The van der Waals surface area contributed by atoms with Crippen LogP contribution in [0.1, 0.15) is 43.8 Å². The van der Waals surface area contributed by atoms with Crippen LogP contribution < -0.4 is 4.90 Å². The zero-order valence-electron chi connectivity index (χ0n) is 31.7. The summed E-state index contributed by atoms with van der Waals surface area (Å²) in [5.41, 5.74) is 2.57. The Kier molecular flexibility index (Phi) is 12.3. The summed E-state index contributed by atoms with van der Waals surface area (Å²) >= 11 is 0. The molecule has 0 aliphatic carbocycles. The number of pyridine rings is 1. The minimum absolute atomic E-state index is 0.181.